The number of primary amides is 1. The van der Waals surface area contributed by atoms with E-state index in [0.717, 1.165) is 0 Å². The van der Waals surface area contributed by atoms with Crippen LogP contribution in [0.3, 0.4) is 0 Å². The lowest BCUT2D eigenvalue weighted by molar-refractivity contribution is -0.119. The molecular weight excluding hydrogens is 208 g/mol. The maximum absolute atomic E-state index is 10.9. The van der Waals surface area contributed by atoms with Crippen LogP contribution in [0.1, 0.15) is 5.56 Å². The second kappa shape index (κ2) is 4.22. The molecule has 1 heterocycles. The molecule has 1 unspecified atom stereocenters. The number of hydrogen-bond acceptors (Lipinski definition) is 4. The molecule has 0 aliphatic carbocycles. The Morgan fingerprint density at radius 3 is 2.94 bits per heavy atom. The van der Waals surface area contributed by atoms with Crippen LogP contribution < -0.4 is 5.73 Å². The van der Waals surface area contributed by atoms with Crippen LogP contribution in [0.2, 0.25) is 0 Å². The zero-order valence-electron chi connectivity index (χ0n) is 8.59. The quantitative estimate of drug-likeness (QED) is 0.764. The first-order valence-corrected chi connectivity index (χ1v) is 4.92. The van der Waals surface area contributed by atoms with Gasteiger partial charge in [0.05, 0.1) is 6.42 Å². The third kappa shape index (κ3) is 2.13. The molecule has 5 nitrogen and oxygen atoms in total. The second-order valence-electron chi connectivity index (χ2n) is 3.56. The van der Waals surface area contributed by atoms with Crippen LogP contribution >= 0.6 is 0 Å². The van der Waals surface area contributed by atoms with E-state index in [-0.39, 0.29) is 12.4 Å². The Hall–Kier alpha value is -2.04. The van der Waals surface area contributed by atoms with Gasteiger partial charge in [0, 0.05) is 5.56 Å². The Morgan fingerprint density at radius 1 is 1.56 bits per heavy atom. The van der Waals surface area contributed by atoms with E-state index >= 15 is 0 Å². The van der Waals surface area contributed by atoms with E-state index in [2.05, 4.69) is 4.99 Å². The van der Waals surface area contributed by atoms with Crippen LogP contribution in [0.5, 0.6) is 5.75 Å². The molecule has 0 spiro atoms. The third-order valence-electron chi connectivity index (χ3n) is 2.37. The summed E-state index contributed by atoms with van der Waals surface area (Å²) in [6.07, 6.45) is 0.371. The van der Waals surface area contributed by atoms with Crippen molar-refractivity contribution in [2.24, 2.45) is 10.7 Å². The van der Waals surface area contributed by atoms with Crippen molar-refractivity contribution >= 4 is 11.8 Å². The molecule has 0 fully saturated rings. The monoisotopic (exact) mass is 220 g/mol. The number of carbonyl (C=O) groups excluding carboxylic acids is 1. The van der Waals surface area contributed by atoms with Crippen molar-refractivity contribution in [3.63, 3.8) is 0 Å². The van der Waals surface area contributed by atoms with Gasteiger partial charge in [0.15, 0.2) is 11.9 Å². The average molecular weight is 220 g/mol. The number of phenolic OH excluding ortho intramolecular Hbond substituents is 1. The summed E-state index contributed by atoms with van der Waals surface area (Å²) in [6, 6.07) is 6.33. The number of rotatable bonds is 3. The molecule has 0 saturated heterocycles. The van der Waals surface area contributed by atoms with E-state index < -0.39 is 11.9 Å². The number of benzene rings is 1. The van der Waals surface area contributed by atoms with E-state index in [1.54, 1.807) is 18.2 Å². The number of nitrogens with zero attached hydrogens (tertiary/aromatic N) is 1. The summed E-state index contributed by atoms with van der Waals surface area (Å²) < 4.78 is 5.22. The zero-order chi connectivity index (χ0) is 11.5. The molecule has 3 N–H and O–H groups in total. The lowest BCUT2D eigenvalue weighted by Gasteiger charge is -2.03. The van der Waals surface area contributed by atoms with Gasteiger partial charge in [0.25, 0.3) is 0 Å². The van der Waals surface area contributed by atoms with Crippen molar-refractivity contribution in [1.82, 2.24) is 0 Å². The lowest BCUT2D eigenvalue weighted by Crippen LogP contribution is -2.27. The maximum Gasteiger partial charge on any atom is 0.245 e. The molecule has 0 aromatic heterocycles. The molecule has 1 aliphatic rings. The van der Waals surface area contributed by atoms with Gasteiger partial charge in [0.1, 0.15) is 12.4 Å². The minimum atomic E-state index is -0.596. The number of aliphatic imine (C=N–C) groups is 1. The summed E-state index contributed by atoms with van der Waals surface area (Å²) in [5, 5.41) is 9.54. The first-order chi connectivity index (χ1) is 7.66. The Bertz CT molecular complexity index is 443. The van der Waals surface area contributed by atoms with Crippen molar-refractivity contribution in [2.45, 2.75) is 12.5 Å². The first kappa shape index (κ1) is 10.5. The molecule has 16 heavy (non-hydrogen) atoms. The van der Waals surface area contributed by atoms with Gasteiger partial charge in [-0.2, -0.15) is 0 Å². The smallest absolute Gasteiger partial charge is 0.245 e. The van der Waals surface area contributed by atoms with E-state index in [4.69, 9.17) is 10.5 Å². The number of carbonyl (C=O) groups is 1. The summed E-state index contributed by atoms with van der Waals surface area (Å²) in [5.74, 6) is 0.133. The topological polar surface area (TPSA) is 84.9 Å². The Kier molecular flexibility index (Phi) is 2.76. The number of para-hydroxylation sites is 1. The molecule has 0 saturated carbocycles. The minimum absolute atomic E-state index is 0.191. The second-order valence-corrected chi connectivity index (χ2v) is 3.56. The summed E-state index contributed by atoms with van der Waals surface area (Å²) in [6.45, 7) is 0.193. The standard InChI is InChI=1S/C11H12N2O3/c12-11(15)8-6-16-10(13-8)5-7-3-1-2-4-9(7)14/h1-4,8,14H,5-6H2,(H2,12,15). The molecule has 1 aromatic rings. The fourth-order valence-electron chi connectivity index (χ4n) is 1.49. The van der Waals surface area contributed by atoms with Crippen molar-refractivity contribution < 1.29 is 14.6 Å². The van der Waals surface area contributed by atoms with Crippen molar-refractivity contribution in [3.05, 3.63) is 29.8 Å². The van der Waals surface area contributed by atoms with Crippen molar-refractivity contribution in [1.29, 1.82) is 0 Å². The molecule has 1 aromatic carbocycles. The average Bonchev–Trinajstić information content (AvgIpc) is 2.70. The van der Waals surface area contributed by atoms with Gasteiger partial charge in [0.2, 0.25) is 5.91 Å². The van der Waals surface area contributed by atoms with Crippen LogP contribution in [0, 0.1) is 0 Å². The number of aromatic hydroxyl groups is 1. The van der Waals surface area contributed by atoms with Crippen molar-refractivity contribution in [3.8, 4) is 5.75 Å². The Morgan fingerprint density at radius 2 is 2.31 bits per heavy atom. The number of amides is 1. The highest BCUT2D eigenvalue weighted by molar-refractivity contribution is 5.88. The fraction of sp³-hybridized carbons (Fsp3) is 0.273. The summed E-state index contributed by atoms with van der Waals surface area (Å²) in [4.78, 5) is 14.9. The first-order valence-electron chi connectivity index (χ1n) is 4.92. The van der Waals surface area contributed by atoms with Crippen molar-refractivity contribution in [2.75, 3.05) is 6.61 Å². The number of phenols is 1. The third-order valence-corrected chi connectivity index (χ3v) is 2.37. The van der Waals surface area contributed by atoms with Crippen LogP contribution in [0.4, 0.5) is 0 Å². The molecule has 1 amide bonds. The molecular formula is C11H12N2O3. The predicted octanol–water partition coefficient (Wildman–Crippen LogP) is 0.217. The van der Waals surface area contributed by atoms with Gasteiger partial charge in [-0.05, 0) is 6.07 Å². The molecule has 0 radical (unpaired) electrons. The number of hydrogen-bond donors (Lipinski definition) is 2. The van der Waals surface area contributed by atoms with Gasteiger partial charge in [-0.25, -0.2) is 4.99 Å². The van der Waals surface area contributed by atoms with Gasteiger partial charge in [-0.1, -0.05) is 18.2 Å². The molecule has 2 rings (SSSR count). The van der Waals surface area contributed by atoms with E-state index in [9.17, 15) is 9.90 Å². The zero-order valence-corrected chi connectivity index (χ0v) is 8.59. The molecule has 5 heteroatoms. The lowest BCUT2D eigenvalue weighted by atomic mass is 10.1. The van der Waals surface area contributed by atoms with Crippen LogP contribution in [0.15, 0.2) is 29.3 Å². The summed E-state index contributed by atoms with van der Waals surface area (Å²) in [7, 11) is 0. The largest absolute Gasteiger partial charge is 0.508 e. The van der Waals surface area contributed by atoms with E-state index in [0.29, 0.717) is 17.9 Å². The Balaban J connectivity index is 2.09. The van der Waals surface area contributed by atoms with E-state index in [1.807, 2.05) is 6.07 Å². The molecule has 84 valence electrons. The maximum atomic E-state index is 10.9. The fourth-order valence-corrected chi connectivity index (χ4v) is 1.49. The highest BCUT2D eigenvalue weighted by Gasteiger charge is 2.23. The van der Waals surface area contributed by atoms with Gasteiger partial charge in [-0.15, -0.1) is 0 Å². The van der Waals surface area contributed by atoms with Gasteiger partial charge >= 0.3 is 0 Å². The normalized spacial score (nSPS) is 19.0. The number of ether oxygens (including phenoxy) is 1. The van der Waals surface area contributed by atoms with Crippen LogP contribution in [-0.2, 0) is 16.0 Å². The molecule has 1 aliphatic heterocycles. The van der Waals surface area contributed by atoms with Gasteiger partial charge < -0.3 is 15.6 Å². The number of nitrogens with two attached hydrogens (primary N) is 1. The summed E-state index contributed by atoms with van der Waals surface area (Å²) >= 11 is 0. The van der Waals surface area contributed by atoms with E-state index in [1.165, 1.54) is 0 Å². The van der Waals surface area contributed by atoms with Crippen LogP contribution in [0.25, 0.3) is 0 Å². The minimum Gasteiger partial charge on any atom is -0.508 e. The summed E-state index contributed by atoms with van der Waals surface area (Å²) in [5.41, 5.74) is 5.82. The molecule has 1 atom stereocenters. The highest BCUT2D eigenvalue weighted by atomic mass is 16.5. The SMILES string of the molecule is NC(=O)C1COC(Cc2ccccc2O)=N1. The van der Waals surface area contributed by atoms with Gasteiger partial charge in [-0.3, -0.25) is 4.79 Å². The highest BCUT2D eigenvalue weighted by Crippen LogP contribution is 2.18. The van der Waals surface area contributed by atoms with Crippen LogP contribution in [-0.4, -0.2) is 29.6 Å². The Labute approximate surface area is 92.6 Å². The molecule has 0 bridgehead atoms. The predicted molar refractivity (Wildman–Crippen MR) is 58.2 cm³/mol.